The van der Waals surface area contributed by atoms with Crippen LogP contribution in [0.4, 0.5) is 0 Å². The summed E-state index contributed by atoms with van der Waals surface area (Å²) in [5, 5.41) is 10.3. The molecule has 59 heavy (non-hydrogen) atoms. The molecule has 13 rings (SSSR count). The summed E-state index contributed by atoms with van der Waals surface area (Å²) in [7, 11) is 0. The van der Waals surface area contributed by atoms with Gasteiger partial charge in [0.05, 0.1) is 11.2 Å². The largest absolute Gasteiger partial charge is 0.455 e. The first-order chi connectivity index (χ1) is 29.2. The molecule has 9 aromatic carbocycles. The van der Waals surface area contributed by atoms with Gasteiger partial charge in [0, 0.05) is 64.6 Å². The van der Waals surface area contributed by atoms with Gasteiger partial charge in [0.15, 0.2) is 0 Å². The fraction of sp³-hybridized carbons (Fsp3) is 0.0364. The molecule has 276 valence electrons. The Morgan fingerprint density at radius 1 is 0.508 bits per heavy atom. The monoisotopic (exact) mass is 817 g/mol. The van der Waals surface area contributed by atoms with Crippen LogP contribution < -0.4 is 4.74 Å². The van der Waals surface area contributed by atoms with E-state index in [0.717, 1.165) is 117 Å². The molecule has 4 heteroatoms. The van der Waals surface area contributed by atoms with E-state index in [4.69, 9.17) is 14.1 Å². The molecule has 0 spiro atoms. The molecule has 0 amide bonds. The first-order valence-electron chi connectivity index (χ1n) is 20.2. The zero-order valence-electron chi connectivity index (χ0n) is 31.7. The summed E-state index contributed by atoms with van der Waals surface area (Å²) in [6, 6.07) is 56.4. The Hall–Kier alpha value is -7.01. The zero-order valence-corrected chi connectivity index (χ0v) is 33.3. The number of hydrogen-bond donors (Lipinski definition) is 0. The Labute approximate surface area is 348 Å². The van der Waals surface area contributed by atoms with Crippen molar-refractivity contribution in [2.45, 2.75) is 12.8 Å². The molecule has 0 fully saturated rings. The van der Waals surface area contributed by atoms with Gasteiger partial charge >= 0.3 is 0 Å². The third-order valence-corrected chi connectivity index (χ3v) is 13.3. The summed E-state index contributed by atoms with van der Waals surface area (Å²) < 4.78 is 15.0. The second-order valence-corrected chi connectivity index (χ2v) is 16.6. The Balaban J connectivity index is 1.07. The molecule has 0 unspecified atom stereocenters. The lowest BCUT2D eigenvalue weighted by Gasteiger charge is -2.27. The normalized spacial score (nSPS) is 13.1. The predicted octanol–water partition coefficient (Wildman–Crippen LogP) is 16.1. The number of pyridine rings is 1. The molecule has 0 bridgehead atoms. The number of rotatable bonds is 3. The van der Waals surface area contributed by atoms with Crippen molar-refractivity contribution in [3.63, 3.8) is 0 Å². The fourth-order valence-corrected chi connectivity index (χ4v) is 10.5. The predicted molar refractivity (Wildman–Crippen MR) is 248 cm³/mol. The molecule has 1 aliphatic heterocycles. The van der Waals surface area contributed by atoms with Crippen LogP contribution in [0.15, 0.2) is 173 Å². The summed E-state index contributed by atoms with van der Waals surface area (Å²) in [4.78, 5) is 5.55. The van der Waals surface area contributed by atoms with Gasteiger partial charge in [-0.3, -0.25) is 0 Å². The highest BCUT2D eigenvalue weighted by molar-refractivity contribution is 9.10. The average molecular weight is 819 g/mol. The smallest absolute Gasteiger partial charge is 0.143 e. The van der Waals surface area contributed by atoms with E-state index in [0.29, 0.717) is 0 Å². The molecular weight excluding hydrogens is 787 g/mol. The second kappa shape index (κ2) is 12.5. The molecule has 0 radical (unpaired) electrons. The molecule has 0 saturated carbocycles. The van der Waals surface area contributed by atoms with Gasteiger partial charge in [0.1, 0.15) is 22.7 Å². The number of nitrogens with zero attached hydrogens (tertiary/aromatic N) is 1. The van der Waals surface area contributed by atoms with Gasteiger partial charge in [-0.15, -0.1) is 0 Å². The molecule has 0 N–H and O–H groups in total. The topological polar surface area (TPSA) is 35.3 Å². The molecule has 3 heterocycles. The minimum Gasteiger partial charge on any atom is -0.455 e. The van der Waals surface area contributed by atoms with E-state index < -0.39 is 0 Å². The van der Waals surface area contributed by atoms with Crippen LogP contribution in [0.2, 0.25) is 0 Å². The Kier molecular flexibility index (Phi) is 6.99. The zero-order chi connectivity index (χ0) is 38.8. The van der Waals surface area contributed by atoms with Crippen LogP contribution in [-0.4, -0.2) is 4.98 Å². The van der Waals surface area contributed by atoms with E-state index in [9.17, 15) is 0 Å². The van der Waals surface area contributed by atoms with Crippen LogP contribution in [0.1, 0.15) is 17.5 Å². The summed E-state index contributed by atoms with van der Waals surface area (Å²) in [5.41, 5.74) is 14.1. The highest BCUT2D eigenvalue weighted by Gasteiger charge is 2.29. The third-order valence-electron chi connectivity index (χ3n) is 12.6. The summed E-state index contributed by atoms with van der Waals surface area (Å²) >= 11 is 3.87. The van der Waals surface area contributed by atoms with Crippen molar-refractivity contribution in [2.75, 3.05) is 0 Å². The summed E-state index contributed by atoms with van der Waals surface area (Å²) in [5.74, 6) is 1.77. The van der Waals surface area contributed by atoms with E-state index in [-0.39, 0.29) is 0 Å². The van der Waals surface area contributed by atoms with Crippen LogP contribution in [-0.2, 0) is 6.42 Å². The molecule has 2 aliphatic rings. The molecule has 1 aliphatic carbocycles. The molecular formula is C55H32BrNO2. The number of para-hydroxylation sites is 2. The number of fused-ring (bicyclic) bond motifs is 13. The molecule has 11 aromatic rings. The lowest BCUT2D eigenvalue weighted by molar-refractivity contribution is 0.495. The van der Waals surface area contributed by atoms with Crippen LogP contribution in [0.3, 0.4) is 0 Å². The maximum Gasteiger partial charge on any atom is 0.143 e. The van der Waals surface area contributed by atoms with E-state index in [1.165, 1.54) is 32.8 Å². The SMILES string of the molecule is Brc1ccc2c3c(c(-c4ccccc4)ccc13)Oc1c-2c2ccccc2c2ccc(-c3nc4cccc(-c5cccc6c5oc5ccccc56)c4c4c3C=CCC4)cc12. The minimum absolute atomic E-state index is 0.881. The van der Waals surface area contributed by atoms with E-state index in [1.54, 1.807) is 0 Å². The van der Waals surface area contributed by atoms with Crippen molar-refractivity contribution in [1.82, 2.24) is 4.98 Å². The first kappa shape index (κ1) is 33.0. The number of ether oxygens (including phenoxy) is 1. The van der Waals surface area contributed by atoms with Gasteiger partial charge in [0.25, 0.3) is 0 Å². The standard InChI is InChI=1S/C55H32BrNO2/c56-46-29-28-44-50-37-16-5-4-14-34(37)35-25-24-32(30-45(35)55(50)59-54-33(26-27-43(46)51(44)54)31-12-2-1-3-13-31)52-40-18-7-6-17-38(40)49-39(19-11-22-47(49)57-52)42-21-10-20-41-36-15-8-9-23-48(36)58-53(41)42/h1-5,7-16,18-30H,6,17H2. The highest BCUT2D eigenvalue weighted by Crippen LogP contribution is 2.56. The maximum atomic E-state index is 7.34. The molecule has 0 atom stereocenters. The Morgan fingerprint density at radius 2 is 1.25 bits per heavy atom. The van der Waals surface area contributed by atoms with Gasteiger partial charge in [0.2, 0.25) is 0 Å². The number of aromatic nitrogens is 1. The summed E-state index contributed by atoms with van der Waals surface area (Å²) in [6.07, 6.45) is 6.49. The quantitative estimate of drug-likeness (QED) is 0.167. The number of allylic oxidation sites excluding steroid dienone is 1. The number of halogens is 1. The molecule has 0 saturated heterocycles. The third kappa shape index (κ3) is 4.72. The molecule has 3 nitrogen and oxygen atoms in total. The van der Waals surface area contributed by atoms with Crippen LogP contribution in [0.25, 0.3) is 116 Å². The Bertz CT molecular complexity index is 3650. The van der Waals surface area contributed by atoms with Crippen LogP contribution >= 0.6 is 15.9 Å². The van der Waals surface area contributed by atoms with Crippen LogP contribution in [0, 0.1) is 0 Å². The number of hydrogen-bond acceptors (Lipinski definition) is 3. The number of aryl methyl sites for hydroxylation is 1. The van der Waals surface area contributed by atoms with Gasteiger partial charge in [-0.05, 0) is 81.6 Å². The van der Waals surface area contributed by atoms with E-state index >= 15 is 0 Å². The minimum atomic E-state index is 0.881. The van der Waals surface area contributed by atoms with Gasteiger partial charge < -0.3 is 9.15 Å². The van der Waals surface area contributed by atoms with E-state index in [1.807, 2.05) is 6.07 Å². The van der Waals surface area contributed by atoms with Gasteiger partial charge in [-0.2, -0.15) is 0 Å². The van der Waals surface area contributed by atoms with E-state index in [2.05, 4.69) is 180 Å². The van der Waals surface area contributed by atoms with Gasteiger partial charge in [-0.25, -0.2) is 4.98 Å². The van der Waals surface area contributed by atoms with Crippen molar-refractivity contribution >= 4 is 87.2 Å². The lowest BCUT2D eigenvalue weighted by Crippen LogP contribution is -2.03. The summed E-state index contributed by atoms with van der Waals surface area (Å²) in [6.45, 7) is 0. The fourth-order valence-electron chi connectivity index (χ4n) is 10.0. The van der Waals surface area contributed by atoms with Crippen molar-refractivity contribution in [3.05, 3.63) is 179 Å². The maximum absolute atomic E-state index is 7.34. The van der Waals surface area contributed by atoms with Gasteiger partial charge in [-0.1, -0.05) is 155 Å². The van der Waals surface area contributed by atoms with Crippen molar-refractivity contribution < 1.29 is 9.15 Å². The first-order valence-corrected chi connectivity index (χ1v) is 21.0. The Morgan fingerprint density at radius 3 is 2.17 bits per heavy atom. The number of furan rings is 1. The second-order valence-electron chi connectivity index (χ2n) is 15.7. The lowest BCUT2D eigenvalue weighted by atomic mass is 9.85. The van der Waals surface area contributed by atoms with Crippen LogP contribution in [0.5, 0.6) is 11.5 Å². The highest BCUT2D eigenvalue weighted by atomic mass is 79.9. The average Bonchev–Trinajstić information content (AvgIpc) is 3.69. The van der Waals surface area contributed by atoms with Crippen molar-refractivity contribution in [2.24, 2.45) is 0 Å². The number of benzene rings is 9. The van der Waals surface area contributed by atoms with Crippen molar-refractivity contribution in [1.29, 1.82) is 0 Å². The van der Waals surface area contributed by atoms with Crippen molar-refractivity contribution in [3.8, 4) is 56.1 Å². The molecule has 2 aromatic heterocycles.